The molecule has 0 spiro atoms. The van der Waals surface area contributed by atoms with Crippen LogP contribution in [-0.2, 0) is 9.47 Å². The van der Waals surface area contributed by atoms with E-state index in [1.54, 1.807) is 0 Å². The van der Waals surface area contributed by atoms with E-state index < -0.39 is 12.4 Å². The molecule has 1 N–H and O–H groups in total. The maximum absolute atomic E-state index is 9.40. The molecule has 0 aromatic carbocycles. The van der Waals surface area contributed by atoms with Gasteiger partial charge in [-0.05, 0) is 12.0 Å². The first kappa shape index (κ1) is 7.82. The summed E-state index contributed by atoms with van der Waals surface area (Å²) in [6, 6.07) is -0.385. The molecule has 66 valence electrons. The number of nitrogens with zero attached hydrogens (tertiary/aromatic N) is 3. The van der Waals surface area contributed by atoms with E-state index in [9.17, 15) is 5.11 Å². The molecule has 12 heavy (non-hydrogen) atoms. The monoisotopic (exact) mass is 171 g/mol. The molecule has 2 aliphatic heterocycles. The Hall–Kier alpha value is -0.810. The van der Waals surface area contributed by atoms with Crippen LogP contribution in [0.15, 0.2) is 5.11 Å². The first-order valence-electron chi connectivity index (χ1n) is 3.80. The Morgan fingerprint density at radius 2 is 2.42 bits per heavy atom. The minimum absolute atomic E-state index is 0.236. The van der Waals surface area contributed by atoms with Crippen molar-refractivity contribution in [3.8, 4) is 0 Å². The number of aliphatic hydroxyl groups excluding tert-OH is 1. The largest absolute Gasteiger partial charge is 0.390 e. The van der Waals surface area contributed by atoms with Gasteiger partial charge in [-0.3, -0.25) is 0 Å². The molecule has 2 saturated heterocycles. The van der Waals surface area contributed by atoms with E-state index in [1.807, 2.05) is 0 Å². The van der Waals surface area contributed by atoms with Gasteiger partial charge in [-0.2, -0.15) is 0 Å². The topological polar surface area (TPSA) is 87.5 Å². The molecule has 0 aromatic rings. The van der Waals surface area contributed by atoms with E-state index in [1.165, 1.54) is 0 Å². The highest BCUT2D eigenvalue weighted by molar-refractivity contribution is 4.89. The van der Waals surface area contributed by atoms with E-state index in [0.29, 0.717) is 13.0 Å². The number of hydrogen-bond donors (Lipinski definition) is 1. The molecule has 2 rings (SSSR count). The van der Waals surface area contributed by atoms with Gasteiger partial charge in [-0.25, -0.2) is 0 Å². The average molecular weight is 171 g/mol. The van der Waals surface area contributed by atoms with Gasteiger partial charge in [0.1, 0.15) is 6.10 Å². The minimum Gasteiger partial charge on any atom is -0.390 e. The molecule has 0 radical (unpaired) electrons. The van der Waals surface area contributed by atoms with Gasteiger partial charge in [-0.1, -0.05) is 5.11 Å². The van der Waals surface area contributed by atoms with Crippen molar-refractivity contribution in [2.75, 3.05) is 6.61 Å². The predicted molar refractivity (Wildman–Crippen MR) is 38.2 cm³/mol. The predicted octanol–water partition coefficient (Wildman–Crippen LogP) is 0.171. The van der Waals surface area contributed by atoms with Crippen LogP contribution in [0.3, 0.4) is 0 Å². The van der Waals surface area contributed by atoms with Gasteiger partial charge >= 0.3 is 0 Å². The fourth-order valence-corrected chi connectivity index (χ4v) is 1.52. The number of hydrogen-bond acceptors (Lipinski definition) is 4. The molecule has 0 saturated carbocycles. The summed E-state index contributed by atoms with van der Waals surface area (Å²) in [5.41, 5.74) is 8.20. The van der Waals surface area contributed by atoms with Crippen molar-refractivity contribution in [1.82, 2.24) is 0 Å². The summed E-state index contributed by atoms with van der Waals surface area (Å²) in [6.45, 7) is 0.392. The molecule has 4 atom stereocenters. The number of ether oxygens (including phenoxy) is 2. The normalized spacial score (nSPS) is 45.4. The van der Waals surface area contributed by atoms with Crippen LogP contribution in [0.4, 0.5) is 0 Å². The van der Waals surface area contributed by atoms with Gasteiger partial charge in [0.05, 0.1) is 18.8 Å². The Kier molecular flexibility index (Phi) is 1.90. The van der Waals surface area contributed by atoms with E-state index in [-0.39, 0.29) is 12.1 Å². The number of fused-ring (bicyclic) bond motifs is 2. The van der Waals surface area contributed by atoms with Crippen LogP contribution < -0.4 is 0 Å². The van der Waals surface area contributed by atoms with E-state index in [4.69, 9.17) is 15.0 Å². The van der Waals surface area contributed by atoms with Gasteiger partial charge in [0.2, 0.25) is 0 Å². The summed E-state index contributed by atoms with van der Waals surface area (Å²) in [7, 11) is 0. The lowest BCUT2D eigenvalue weighted by molar-refractivity contribution is -0.130. The van der Waals surface area contributed by atoms with Crippen molar-refractivity contribution in [2.24, 2.45) is 5.11 Å². The highest BCUT2D eigenvalue weighted by Gasteiger charge is 2.42. The van der Waals surface area contributed by atoms with Crippen molar-refractivity contribution in [3.05, 3.63) is 10.4 Å². The molecule has 2 bridgehead atoms. The number of azide groups is 1. The fraction of sp³-hybridized carbons (Fsp3) is 1.00. The van der Waals surface area contributed by atoms with Crippen LogP contribution in [0, 0.1) is 0 Å². The Morgan fingerprint density at radius 1 is 1.58 bits per heavy atom. The molecule has 2 aliphatic rings. The third-order valence-electron chi connectivity index (χ3n) is 2.16. The van der Waals surface area contributed by atoms with Crippen LogP contribution in [0.1, 0.15) is 6.42 Å². The summed E-state index contributed by atoms with van der Waals surface area (Å²) in [6.07, 6.45) is -0.826. The highest BCUT2D eigenvalue weighted by atomic mass is 16.7. The van der Waals surface area contributed by atoms with E-state index in [2.05, 4.69) is 10.0 Å². The van der Waals surface area contributed by atoms with Crippen LogP contribution in [-0.4, -0.2) is 36.3 Å². The second-order valence-electron chi connectivity index (χ2n) is 2.95. The van der Waals surface area contributed by atoms with Crippen molar-refractivity contribution in [3.63, 3.8) is 0 Å². The quantitative estimate of drug-likeness (QED) is 0.346. The first-order valence-corrected chi connectivity index (χ1v) is 3.80. The summed E-state index contributed by atoms with van der Waals surface area (Å²) in [5.74, 6) is 0. The van der Waals surface area contributed by atoms with E-state index >= 15 is 0 Å². The maximum atomic E-state index is 9.40. The lowest BCUT2D eigenvalue weighted by Gasteiger charge is -2.27. The molecule has 2 heterocycles. The van der Waals surface area contributed by atoms with Crippen molar-refractivity contribution >= 4 is 0 Å². The Balaban J connectivity index is 2.11. The average Bonchev–Trinajstić information content (AvgIpc) is 2.46. The first-order chi connectivity index (χ1) is 5.81. The zero-order valence-corrected chi connectivity index (χ0v) is 6.33. The Morgan fingerprint density at radius 3 is 3.17 bits per heavy atom. The van der Waals surface area contributed by atoms with Crippen molar-refractivity contribution in [2.45, 2.75) is 31.0 Å². The highest BCUT2D eigenvalue weighted by Crippen LogP contribution is 2.29. The number of rotatable bonds is 1. The van der Waals surface area contributed by atoms with Crippen LogP contribution >= 0.6 is 0 Å². The molecule has 0 aliphatic carbocycles. The van der Waals surface area contributed by atoms with Crippen molar-refractivity contribution in [1.29, 1.82) is 0 Å². The third-order valence-corrected chi connectivity index (χ3v) is 2.16. The molecule has 2 fully saturated rings. The van der Waals surface area contributed by atoms with Gasteiger partial charge in [0.15, 0.2) is 6.29 Å². The second kappa shape index (κ2) is 2.91. The van der Waals surface area contributed by atoms with Crippen LogP contribution in [0.5, 0.6) is 0 Å². The standard InChI is InChI=1S/C6H9N3O3/c7-9-8-3-1-4(10)5-2-11-6(3)12-5/h3-6,10H,1-2H2/t3-,4+,5-,6-/m0/s1. The van der Waals surface area contributed by atoms with Crippen molar-refractivity contribution < 1.29 is 14.6 Å². The SMILES string of the molecule is [N-]=[N+]=N[C@H]1C[C@@H](O)[C@@H]2CO[C@H]1O2. The molecule has 0 unspecified atom stereocenters. The van der Waals surface area contributed by atoms with Crippen LogP contribution in [0.2, 0.25) is 0 Å². The van der Waals surface area contributed by atoms with Gasteiger partial charge in [0.25, 0.3) is 0 Å². The van der Waals surface area contributed by atoms with Gasteiger partial charge in [0, 0.05) is 4.91 Å². The Labute approximate surface area is 68.7 Å². The fourth-order valence-electron chi connectivity index (χ4n) is 1.52. The maximum Gasteiger partial charge on any atom is 0.166 e. The second-order valence-corrected chi connectivity index (χ2v) is 2.95. The molecular formula is C6H9N3O3. The zero-order chi connectivity index (χ0) is 8.55. The third kappa shape index (κ3) is 1.15. The molecule has 6 nitrogen and oxygen atoms in total. The Bertz CT molecular complexity index is 228. The summed E-state index contributed by atoms with van der Waals surface area (Å²) < 4.78 is 10.4. The smallest absolute Gasteiger partial charge is 0.166 e. The van der Waals surface area contributed by atoms with Gasteiger partial charge < -0.3 is 14.6 Å². The summed E-state index contributed by atoms with van der Waals surface area (Å²) >= 11 is 0. The molecule has 6 heteroatoms. The molecule has 0 amide bonds. The van der Waals surface area contributed by atoms with E-state index in [0.717, 1.165) is 0 Å². The zero-order valence-electron chi connectivity index (χ0n) is 6.33. The minimum atomic E-state index is -0.570. The number of aliphatic hydroxyl groups is 1. The lowest BCUT2D eigenvalue weighted by atomic mass is 10.0. The summed E-state index contributed by atoms with van der Waals surface area (Å²) in [5, 5.41) is 12.9. The van der Waals surface area contributed by atoms with Crippen LogP contribution in [0.25, 0.3) is 10.4 Å². The van der Waals surface area contributed by atoms with Gasteiger partial charge in [-0.15, -0.1) is 0 Å². The molecular weight excluding hydrogens is 162 g/mol. The lowest BCUT2D eigenvalue weighted by Crippen LogP contribution is -2.40. The summed E-state index contributed by atoms with van der Waals surface area (Å²) in [4.78, 5) is 2.66. The molecule has 0 aromatic heterocycles.